The molecule has 2 unspecified atom stereocenters. The number of nitrogens with one attached hydrogen (secondary N) is 1. The minimum absolute atomic E-state index is 0.0358. The Balaban J connectivity index is 2.43. The summed E-state index contributed by atoms with van der Waals surface area (Å²) in [4.78, 5) is 0. The van der Waals surface area contributed by atoms with Crippen molar-refractivity contribution in [3.8, 4) is 0 Å². The van der Waals surface area contributed by atoms with Gasteiger partial charge in [-0.2, -0.15) is 0 Å². The van der Waals surface area contributed by atoms with Crippen LogP contribution in [0.2, 0.25) is 0 Å². The van der Waals surface area contributed by atoms with Crippen LogP contribution in [0.25, 0.3) is 0 Å². The minimum Gasteiger partial charge on any atom is -0.396 e. The number of methoxy groups -OCH3 is 1. The summed E-state index contributed by atoms with van der Waals surface area (Å²) in [6, 6.07) is 0. The zero-order valence-electron chi connectivity index (χ0n) is 9.67. The molecule has 15 heavy (non-hydrogen) atoms. The summed E-state index contributed by atoms with van der Waals surface area (Å²) in [6.45, 7) is 1.73. The Morgan fingerprint density at radius 3 is 3.00 bits per heavy atom. The van der Waals surface area contributed by atoms with E-state index in [1.807, 2.05) is 0 Å². The molecule has 1 fully saturated rings. The number of ether oxygens (including phenoxy) is 1. The number of nitrogens with two attached hydrogens (primary N) is 1. The van der Waals surface area contributed by atoms with Gasteiger partial charge in [-0.25, -0.2) is 0 Å². The predicted molar refractivity (Wildman–Crippen MR) is 60.8 cm³/mol. The first-order valence-electron chi connectivity index (χ1n) is 5.85. The van der Waals surface area contributed by atoms with E-state index in [0.29, 0.717) is 12.6 Å². The lowest BCUT2D eigenvalue weighted by atomic mass is 9.80. The SMILES string of the molecule is COC1CCCC(CN)(NCCCO)C1. The summed E-state index contributed by atoms with van der Waals surface area (Å²) in [7, 11) is 1.77. The van der Waals surface area contributed by atoms with E-state index in [2.05, 4.69) is 5.32 Å². The molecule has 1 aliphatic rings. The van der Waals surface area contributed by atoms with Crippen LogP contribution in [0.3, 0.4) is 0 Å². The second-order valence-electron chi connectivity index (χ2n) is 4.44. The maximum absolute atomic E-state index is 8.75. The molecule has 0 aromatic carbocycles. The van der Waals surface area contributed by atoms with Crippen LogP contribution < -0.4 is 11.1 Å². The minimum atomic E-state index is 0.0358. The second-order valence-corrected chi connectivity index (χ2v) is 4.44. The van der Waals surface area contributed by atoms with Crippen molar-refractivity contribution < 1.29 is 9.84 Å². The molecular weight excluding hydrogens is 192 g/mol. The van der Waals surface area contributed by atoms with Crippen molar-refractivity contribution in [2.45, 2.75) is 43.7 Å². The fraction of sp³-hybridized carbons (Fsp3) is 1.00. The molecule has 0 aromatic rings. The van der Waals surface area contributed by atoms with Crippen LogP contribution in [0, 0.1) is 0 Å². The van der Waals surface area contributed by atoms with E-state index in [1.165, 1.54) is 6.42 Å². The third-order valence-electron chi connectivity index (χ3n) is 3.36. The number of aliphatic hydroxyl groups is 1. The summed E-state index contributed by atoms with van der Waals surface area (Å²) in [5.74, 6) is 0. The van der Waals surface area contributed by atoms with Gasteiger partial charge in [0.05, 0.1) is 6.10 Å². The fourth-order valence-corrected chi connectivity index (χ4v) is 2.36. The first kappa shape index (κ1) is 12.9. The van der Waals surface area contributed by atoms with E-state index in [4.69, 9.17) is 15.6 Å². The number of hydrogen-bond acceptors (Lipinski definition) is 4. The maximum Gasteiger partial charge on any atom is 0.0589 e. The molecular formula is C11H24N2O2. The number of aliphatic hydroxyl groups excluding tert-OH is 1. The predicted octanol–water partition coefficient (Wildman–Crippen LogP) is 0.245. The van der Waals surface area contributed by atoms with Gasteiger partial charge in [0, 0.05) is 25.8 Å². The van der Waals surface area contributed by atoms with Crippen LogP contribution in [0.1, 0.15) is 32.1 Å². The lowest BCUT2D eigenvalue weighted by Gasteiger charge is -2.40. The Labute approximate surface area is 92.2 Å². The standard InChI is InChI=1S/C11H24N2O2/c1-15-10-4-2-5-11(8-10,9-12)13-6-3-7-14/h10,13-14H,2-9,12H2,1H3. The molecule has 4 heteroatoms. The highest BCUT2D eigenvalue weighted by molar-refractivity contribution is 4.95. The van der Waals surface area contributed by atoms with Gasteiger partial charge in [-0.05, 0) is 38.6 Å². The summed E-state index contributed by atoms with van der Waals surface area (Å²) >= 11 is 0. The Morgan fingerprint density at radius 1 is 1.60 bits per heavy atom. The van der Waals surface area contributed by atoms with Gasteiger partial charge >= 0.3 is 0 Å². The Kier molecular flexibility index (Phi) is 5.53. The van der Waals surface area contributed by atoms with Crippen LogP contribution in [-0.4, -0.2) is 43.6 Å². The van der Waals surface area contributed by atoms with Crippen LogP contribution in [0.4, 0.5) is 0 Å². The topological polar surface area (TPSA) is 67.5 Å². The molecule has 0 saturated heterocycles. The molecule has 4 nitrogen and oxygen atoms in total. The first-order chi connectivity index (χ1) is 7.26. The van der Waals surface area contributed by atoms with E-state index in [-0.39, 0.29) is 12.1 Å². The van der Waals surface area contributed by atoms with Gasteiger partial charge < -0.3 is 20.9 Å². The van der Waals surface area contributed by atoms with E-state index in [0.717, 1.165) is 32.2 Å². The fourth-order valence-electron chi connectivity index (χ4n) is 2.36. The average molecular weight is 216 g/mol. The smallest absolute Gasteiger partial charge is 0.0589 e. The number of hydrogen-bond donors (Lipinski definition) is 3. The van der Waals surface area contributed by atoms with E-state index >= 15 is 0 Å². The second kappa shape index (κ2) is 6.43. The molecule has 0 aliphatic heterocycles. The molecule has 0 spiro atoms. The molecule has 90 valence electrons. The molecule has 0 radical (unpaired) electrons. The zero-order valence-corrected chi connectivity index (χ0v) is 9.67. The molecule has 1 aliphatic carbocycles. The van der Waals surface area contributed by atoms with Crippen LogP contribution in [0.15, 0.2) is 0 Å². The highest BCUT2D eigenvalue weighted by atomic mass is 16.5. The van der Waals surface area contributed by atoms with E-state index in [1.54, 1.807) is 7.11 Å². The van der Waals surface area contributed by atoms with E-state index < -0.39 is 0 Å². The third-order valence-corrected chi connectivity index (χ3v) is 3.36. The largest absolute Gasteiger partial charge is 0.396 e. The molecule has 1 saturated carbocycles. The highest BCUT2D eigenvalue weighted by Gasteiger charge is 2.34. The summed E-state index contributed by atoms with van der Waals surface area (Å²) in [5.41, 5.74) is 5.89. The zero-order chi connectivity index (χ0) is 11.1. The molecule has 0 heterocycles. The molecule has 0 bridgehead atoms. The van der Waals surface area contributed by atoms with Crippen LogP contribution in [0.5, 0.6) is 0 Å². The van der Waals surface area contributed by atoms with Gasteiger partial charge in [0.2, 0.25) is 0 Å². The highest BCUT2D eigenvalue weighted by Crippen LogP contribution is 2.29. The third kappa shape index (κ3) is 3.72. The molecule has 1 rings (SSSR count). The first-order valence-corrected chi connectivity index (χ1v) is 5.85. The summed E-state index contributed by atoms with van der Waals surface area (Å²) < 4.78 is 5.41. The lowest BCUT2D eigenvalue weighted by molar-refractivity contribution is 0.0326. The Morgan fingerprint density at radius 2 is 2.40 bits per heavy atom. The molecule has 4 N–H and O–H groups in total. The number of rotatable bonds is 6. The van der Waals surface area contributed by atoms with Crippen molar-refractivity contribution in [2.24, 2.45) is 5.73 Å². The van der Waals surface area contributed by atoms with Crippen molar-refractivity contribution in [3.63, 3.8) is 0 Å². The van der Waals surface area contributed by atoms with Crippen molar-refractivity contribution in [1.82, 2.24) is 5.32 Å². The van der Waals surface area contributed by atoms with Crippen LogP contribution in [-0.2, 0) is 4.74 Å². The van der Waals surface area contributed by atoms with Gasteiger partial charge in [-0.3, -0.25) is 0 Å². The van der Waals surface area contributed by atoms with Gasteiger partial charge in [-0.15, -0.1) is 0 Å². The van der Waals surface area contributed by atoms with Crippen molar-refractivity contribution >= 4 is 0 Å². The van der Waals surface area contributed by atoms with Crippen LogP contribution >= 0.6 is 0 Å². The van der Waals surface area contributed by atoms with Crippen molar-refractivity contribution in [1.29, 1.82) is 0 Å². The molecule has 0 amide bonds. The maximum atomic E-state index is 8.75. The summed E-state index contributed by atoms with van der Waals surface area (Å²) in [5, 5.41) is 12.2. The quantitative estimate of drug-likeness (QED) is 0.557. The van der Waals surface area contributed by atoms with Gasteiger partial charge in [0.1, 0.15) is 0 Å². The van der Waals surface area contributed by atoms with Gasteiger partial charge in [0.25, 0.3) is 0 Å². The average Bonchev–Trinajstić information content (AvgIpc) is 2.30. The Bertz CT molecular complexity index is 178. The van der Waals surface area contributed by atoms with E-state index in [9.17, 15) is 0 Å². The normalized spacial score (nSPS) is 31.8. The molecule has 2 atom stereocenters. The van der Waals surface area contributed by atoms with Gasteiger partial charge in [-0.1, -0.05) is 0 Å². The van der Waals surface area contributed by atoms with Crippen molar-refractivity contribution in [2.75, 3.05) is 26.8 Å². The van der Waals surface area contributed by atoms with Gasteiger partial charge in [0.15, 0.2) is 0 Å². The monoisotopic (exact) mass is 216 g/mol. The molecule has 0 aromatic heterocycles. The lowest BCUT2D eigenvalue weighted by Crippen LogP contribution is -2.55. The Hall–Kier alpha value is -0.160. The van der Waals surface area contributed by atoms with Crippen molar-refractivity contribution in [3.05, 3.63) is 0 Å². The summed E-state index contributed by atoms with van der Waals surface area (Å²) in [6.07, 6.45) is 5.55.